The molecular formula is C14H19ClO3. The van der Waals surface area contributed by atoms with E-state index in [1.165, 1.54) is 5.56 Å². The van der Waals surface area contributed by atoms with Crippen LogP contribution in [0.3, 0.4) is 0 Å². The molecule has 1 aliphatic heterocycles. The van der Waals surface area contributed by atoms with Gasteiger partial charge in [-0.2, -0.15) is 0 Å². The molecule has 100 valence electrons. The summed E-state index contributed by atoms with van der Waals surface area (Å²) in [5.41, 5.74) is 2.29. The van der Waals surface area contributed by atoms with Crippen molar-refractivity contribution in [2.24, 2.45) is 0 Å². The highest BCUT2D eigenvalue weighted by atomic mass is 35.5. The molecule has 18 heavy (non-hydrogen) atoms. The van der Waals surface area contributed by atoms with Crippen molar-refractivity contribution in [2.75, 3.05) is 26.4 Å². The molecule has 1 heterocycles. The van der Waals surface area contributed by atoms with E-state index >= 15 is 0 Å². The molecule has 1 aliphatic rings. The van der Waals surface area contributed by atoms with Crippen LogP contribution in [0.25, 0.3) is 0 Å². The number of halogens is 1. The highest BCUT2D eigenvalue weighted by Gasteiger charge is 2.20. The van der Waals surface area contributed by atoms with Gasteiger partial charge in [0.1, 0.15) is 0 Å². The van der Waals surface area contributed by atoms with Crippen LogP contribution < -0.4 is 9.47 Å². The van der Waals surface area contributed by atoms with Crippen molar-refractivity contribution in [3.8, 4) is 11.5 Å². The number of fused-ring (bicyclic) bond motifs is 1. The molecule has 1 aromatic rings. The smallest absolute Gasteiger partial charge is 0.161 e. The van der Waals surface area contributed by atoms with E-state index in [9.17, 15) is 0 Å². The summed E-state index contributed by atoms with van der Waals surface area (Å²) in [4.78, 5) is 0. The fraction of sp³-hybridized carbons (Fsp3) is 0.571. The van der Waals surface area contributed by atoms with Gasteiger partial charge in [-0.05, 0) is 43.5 Å². The normalized spacial score (nSPS) is 18.9. The van der Waals surface area contributed by atoms with Crippen LogP contribution >= 0.6 is 11.6 Å². The van der Waals surface area contributed by atoms with Gasteiger partial charge in [-0.25, -0.2) is 0 Å². The summed E-state index contributed by atoms with van der Waals surface area (Å²) in [5.74, 6) is 1.56. The van der Waals surface area contributed by atoms with Gasteiger partial charge < -0.3 is 14.2 Å². The van der Waals surface area contributed by atoms with E-state index in [-0.39, 0.29) is 5.38 Å². The summed E-state index contributed by atoms with van der Waals surface area (Å²) in [7, 11) is 0. The summed E-state index contributed by atoms with van der Waals surface area (Å²) >= 11 is 6.33. The lowest BCUT2D eigenvalue weighted by Crippen LogP contribution is -2.03. The van der Waals surface area contributed by atoms with E-state index in [4.69, 9.17) is 25.8 Å². The fourth-order valence-electron chi connectivity index (χ4n) is 2.12. The first kappa shape index (κ1) is 13.5. The van der Waals surface area contributed by atoms with Crippen LogP contribution in [-0.4, -0.2) is 26.4 Å². The third-order valence-corrected chi connectivity index (χ3v) is 3.28. The molecule has 4 heteroatoms. The Balaban J connectivity index is 2.40. The van der Waals surface area contributed by atoms with Crippen molar-refractivity contribution < 1.29 is 14.2 Å². The van der Waals surface area contributed by atoms with Crippen molar-refractivity contribution in [3.05, 3.63) is 23.3 Å². The topological polar surface area (TPSA) is 27.7 Å². The van der Waals surface area contributed by atoms with Gasteiger partial charge in [-0.15, -0.1) is 11.6 Å². The number of benzene rings is 1. The van der Waals surface area contributed by atoms with Crippen LogP contribution in [0.5, 0.6) is 11.5 Å². The highest BCUT2D eigenvalue weighted by molar-refractivity contribution is 6.21. The molecular weight excluding hydrogens is 252 g/mol. The maximum atomic E-state index is 6.33. The van der Waals surface area contributed by atoms with Gasteiger partial charge in [-0.1, -0.05) is 0 Å². The first-order chi connectivity index (χ1) is 8.76. The van der Waals surface area contributed by atoms with Gasteiger partial charge in [-0.3, -0.25) is 0 Å². The second kappa shape index (κ2) is 6.30. The Morgan fingerprint density at radius 3 is 2.56 bits per heavy atom. The first-order valence-corrected chi connectivity index (χ1v) is 6.84. The molecule has 0 aliphatic carbocycles. The Bertz CT molecular complexity index is 406. The van der Waals surface area contributed by atoms with Crippen molar-refractivity contribution in [1.82, 2.24) is 0 Å². The Morgan fingerprint density at radius 2 is 1.89 bits per heavy atom. The largest absolute Gasteiger partial charge is 0.490 e. The number of hydrogen-bond acceptors (Lipinski definition) is 3. The van der Waals surface area contributed by atoms with Crippen molar-refractivity contribution in [2.45, 2.75) is 25.6 Å². The Hall–Kier alpha value is -0.930. The van der Waals surface area contributed by atoms with E-state index in [0.29, 0.717) is 26.4 Å². The van der Waals surface area contributed by atoms with Gasteiger partial charge in [0.05, 0.1) is 31.8 Å². The molecule has 0 saturated carbocycles. The summed E-state index contributed by atoms with van der Waals surface area (Å²) in [6.07, 6.45) is 0.866. The summed E-state index contributed by atoms with van der Waals surface area (Å²) in [6.45, 7) is 6.42. The van der Waals surface area contributed by atoms with Gasteiger partial charge in [0.15, 0.2) is 11.5 Å². The van der Waals surface area contributed by atoms with Crippen LogP contribution in [0.4, 0.5) is 0 Å². The molecule has 0 aromatic heterocycles. The zero-order chi connectivity index (χ0) is 13.0. The molecule has 1 aromatic carbocycles. The summed E-state index contributed by atoms with van der Waals surface area (Å²) in [6, 6.07) is 4.03. The first-order valence-electron chi connectivity index (χ1n) is 6.40. The third kappa shape index (κ3) is 2.90. The Morgan fingerprint density at radius 1 is 1.22 bits per heavy atom. The molecule has 0 amide bonds. The SMILES string of the molecule is CCOc1cc2c(cc1OCC)C(Cl)COCC2. The predicted molar refractivity (Wildman–Crippen MR) is 71.9 cm³/mol. The molecule has 1 unspecified atom stereocenters. The lowest BCUT2D eigenvalue weighted by molar-refractivity contribution is 0.143. The predicted octanol–water partition coefficient (Wildman–Crippen LogP) is 3.34. The minimum absolute atomic E-state index is 0.114. The summed E-state index contributed by atoms with van der Waals surface area (Å²) in [5, 5.41) is -0.114. The molecule has 1 atom stereocenters. The molecule has 0 spiro atoms. The number of hydrogen-bond donors (Lipinski definition) is 0. The lowest BCUT2D eigenvalue weighted by atomic mass is 10.0. The Kier molecular flexibility index (Phi) is 4.72. The van der Waals surface area contributed by atoms with Crippen LogP contribution in [0.2, 0.25) is 0 Å². The minimum Gasteiger partial charge on any atom is -0.490 e. The molecule has 3 nitrogen and oxygen atoms in total. The molecule has 0 saturated heterocycles. The van der Waals surface area contributed by atoms with E-state index in [1.54, 1.807) is 0 Å². The van der Waals surface area contributed by atoms with E-state index < -0.39 is 0 Å². The second-order valence-corrected chi connectivity index (χ2v) is 4.68. The molecule has 0 bridgehead atoms. The number of rotatable bonds is 4. The summed E-state index contributed by atoms with van der Waals surface area (Å²) < 4.78 is 16.7. The Labute approximate surface area is 113 Å². The average molecular weight is 271 g/mol. The minimum atomic E-state index is -0.114. The molecule has 0 radical (unpaired) electrons. The van der Waals surface area contributed by atoms with Gasteiger partial charge in [0.25, 0.3) is 0 Å². The standard InChI is InChI=1S/C14H19ClO3/c1-3-17-13-7-10-5-6-16-9-12(15)11(10)8-14(13)18-4-2/h7-8,12H,3-6,9H2,1-2H3. The monoisotopic (exact) mass is 270 g/mol. The second-order valence-electron chi connectivity index (χ2n) is 4.16. The third-order valence-electron chi connectivity index (χ3n) is 2.92. The molecule has 2 rings (SSSR count). The maximum Gasteiger partial charge on any atom is 0.161 e. The van der Waals surface area contributed by atoms with Crippen molar-refractivity contribution in [3.63, 3.8) is 0 Å². The zero-order valence-electron chi connectivity index (χ0n) is 10.9. The molecule has 0 fully saturated rings. The van der Waals surface area contributed by atoms with E-state index in [1.807, 2.05) is 26.0 Å². The van der Waals surface area contributed by atoms with Crippen molar-refractivity contribution >= 4 is 11.6 Å². The number of alkyl halides is 1. The lowest BCUT2D eigenvalue weighted by Gasteiger charge is -2.16. The maximum absolute atomic E-state index is 6.33. The van der Waals surface area contributed by atoms with Gasteiger partial charge in [0.2, 0.25) is 0 Å². The van der Waals surface area contributed by atoms with Crippen molar-refractivity contribution in [1.29, 1.82) is 0 Å². The quantitative estimate of drug-likeness (QED) is 0.786. The van der Waals surface area contributed by atoms with Gasteiger partial charge in [0, 0.05) is 0 Å². The van der Waals surface area contributed by atoms with Gasteiger partial charge >= 0.3 is 0 Å². The van der Waals surface area contributed by atoms with Crippen LogP contribution in [0.1, 0.15) is 30.4 Å². The number of ether oxygens (including phenoxy) is 3. The average Bonchev–Trinajstić information content (AvgIpc) is 2.53. The van der Waals surface area contributed by atoms with E-state index in [2.05, 4.69) is 0 Å². The fourth-order valence-corrected chi connectivity index (χ4v) is 2.41. The van der Waals surface area contributed by atoms with Crippen LogP contribution in [-0.2, 0) is 11.2 Å². The van der Waals surface area contributed by atoms with E-state index in [0.717, 1.165) is 23.5 Å². The van der Waals surface area contributed by atoms with Crippen LogP contribution in [0.15, 0.2) is 12.1 Å². The highest BCUT2D eigenvalue weighted by Crippen LogP contribution is 2.37. The van der Waals surface area contributed by atoms with Crippen LogP contribution in [0, 0.1) is 0 Å². The zero-order valence-corrected chi connectivity index (χ0v) is 11.6. The molecule has 0 N–H and O–H groups in total.